The first-order valence-electron chi connectivity index (χ1n) is 10.4. The number of nitrogens with one attached hydrogen (secondary N) is 1. The lowest BCUT2D eigenvalue weighted by Crippen LogP contribution is -2.55. The molecule has 3 aromatic rings. The molecule has 2 aromatic carbocycles. The van der Waals surface area contributed by atoms with Gasteiger partial charge in [0.05, 0.1) is 7.11 Å². The number of hydrogen-bond acceptors (Lipinski definition) is 6. The van der Waals surface area contributed by atoms with E-state index in [9.17, 15) is 4.79 Å². The number of carbonyl (C=O) groups excluding carboxylic acids is 1. The highest BCUT2D eigenvalue weighted by atomic mass is 32.1. The van der Waals surface area contributed by atoms with Crippen molar-refractivity contribution < 1.29 is 9.53 Å². The van der Waals surface area contributed by atoms with E-state index in [0.717, 1.165) is 36.2 Å². The average molecular weight is 438 g/mol. The van der Waals surface area contributed by atoms with Crippen LogP contribution in [0.1, 0.15) is 23.9 Å². The van der Waals surface area contributed by atoms with E-state index in [4.69, 9.17) is 9.72 Å². The third-order valence-electron chi connectivity index (χ3n) is 5.42. The SMILES string of the molecule is COc1cccc(NC(=O)N2CCN(c3nc(Cc4ccc(C)cc4)ns3)CC2C)c1. The number of benzene rings is 2. The molecule has 1 aromatic heterocycles. The Morgan fingerprint density at radius 3 is 2.77 bits per heavy atom. The number of aryl methyl sites for hydroxylation is 1. The molecule has 4 rings (SSSR count). The normalized spacial score (nSPS) is 16.3. The zero-order chi connectivity index (χ0) is 21.8. The molecule has 1 N–H and O–H groups in total. The van der Waals surface area contributed by atoms with Gasteiger partial charge >= 0.3 is 6.03 Å². The van der Waals surface area contributed by atoms with Crippen molar-refractivity contribution in [3.8, 4) is 5.75 Å². The van der Waals surface area contributed by atoms with Crippen LogP contribution >= 0.6 is 11.5 Å². The number of piperazine rings is 1. The number of hydrogen-bond donors (Lipinski definition) is 1. The highest BCUT2D eigenvalue weighted by Gasteiger charge is 2.29. The molecule has 7 nitrogen and oxygen atoms in total. The maximum Gasteiger partial charge on any atom is 0.322 e. The van der Waals surface area contributed by atoms with Gasteiger partial charge in [-0.2, -0.15) is 4.37 Å². The van der Waals surface area contributed by atoms with Crippen molar-refractivity contribution in [1.82, 2.24) is 14.3 Å². The summed E-state index contributed by atoms with van der Waals surface area (Å²) in [5.41, 5.74) is 3.18. The number of rotatable bonds is 5. The van der Waals surface area contributed by atoms with Crippen molar-refractivity contribution in [1.29, 1.82) is 0 Å². The van der Waals surface area contributed by atoms with Gasteiger partial charge in [-0.25, -0.2) is 9.78 Å². The fourth-order valence-corrected chi connectivity index (χ4v) is 4.38. The summed E-state index contributed by atoms with van der Waals surface area (Å²) in [5.74, 6) is 1.56. The van der Waals surface area contributed by atoms with Crippen LogP contribution < -0.4 is 15.0 Å². The van der Waals surface area contributed by atoms with Crippen LogP contribution in [0, 0.1) is 6.92 Å². The van der Waals surface area contributed by atoms with Crippen LogP contribution in [0.2, 0.25) is 0 Å². The lowest BCUT2D eigenvalue weighted by Gasteiger charge is -2.39. The van der Waals surface area contributed by atoms with E-state index < -0.39 is 0 Å². The molecule has 162 valence electrons. The second-order valence-corrected chi connectivity index (χ2v) is 8.54. The molecule has 1 aliphatic heterocycles. The van der Waals surface area contributed by atoms with Crippen molar-refractivity contribution >= 4 is 28.4 Å². The van der Waals surface area contributed by atoms with Crippen molar-refractivity contribution in [3.63, 3.8) is 0 Å². The van der Waals surface area contributed by atoms with E-state index in [2.05, 4.69) is 52.7 Å². The van der Waals surface area contributed by atoms with Gasteiger partial charge in [-0.1, -0.05) is 35.9 Å². The average Bonchev–Trinajstić information content (AvgIpc) is 3.24. The van der Waals surface area contributed by atoms with Gasteiger partial charge in [0.15, 0.2) is 0 Å². The number of amides is 2. The van der Waals surface area contributed by atoms with Gasteiger partial charge in [0.1, 0.15) is 11.6 Å². The first-order valence-corrected chi connectivity index (χ1v) is 11.1. The first-order chi connectivity index (χ1) is 15.0. The molecular weight excluding hydrogens is 410 g/mol. The molecule has 2 heterocycles. The number of carbonyl (C=O) groups is 1. The fraction of sp³-hybridized carbons (Fsp3) is 0.348. The Hall–Kier alpha value is -3.13. The van der Waals surface area contributed by atoms with E-state index in [0.29, 0.717) is 12.3 Å². The van der Waals surface area contributed by atoms with Gasteiger partial charge in [-0.05, 0) is 31.5 Å². The molecule has 1 unspecified atom stereocenters. The smallest absolute Gasteiger partial charge is 0.322 e. The number of urea groups is 1. The number of aromatic nitrogens is 2. The fourth-order valence-electron chi connectivity index (χ4n) is 3.66. The van der Waals surface area contributed by atoms with Crippen LogP contribution in [0.4, 0.5) is 15.6 Å². The quantitative estimate of drug-likeness (QED) is 0.648. The molecule has 0 radical (unpaired) electrons. The maximum absolute atomic E-state index is 12.8. The zero-order valence-corrected chi connectivity index (χ0v) is 18.9. The summed E-state index contributed by atoms with van der Waals surface area (Å²) in [7, 11) is 1.61. The third kappa shape index (κ3) is 5.14. The highest BCUT2D eigenvalue weighted by molar-refractivity contribution is 7.09. The Balaban J connectivity index is 1.35. The van der Waals surface area contributed by atoms with Crippen LogP contribution in [0.15, 0.2) is 48.5 Å². The Kier molecular flexibility index (Phi) is 6.36. The first kappa shape index (κ1) is 21.1. The lowest BCUT2D eigenvalue weighted by molar-refractivity contribution is 0.185. The van der Waals surface area contributed by atoms with Gasteiger partial charge in [-0.15, -0.1) is 0 Å². The van der Waals surface area contributed by atoms with Crippen LogP contribution in [-0.4, -0.2) is 53.1 Å². The summed E-state index contributed by atoms with van der Waals surface area (Å²) in [6.07, 6.45) is 0.731. The molecule has 1 atom stereocenters. The molecule has 0 saturated carbocycles. The van der Waals surface area contributed by atoms with Crippen molar-refractivity contribution in [2.24, 2.45) is 0 Å². The summed E-state index contributed by atoms with van der Waals surface area (Å²) < 4.78 is 9.77. The Morgan fingerprint density at radius 2 is 2.03 bits per heavy atom. The van der Waals surface area contributed by atoms with Crippen LogP contribution in [-0.2, 0) is 6.42 Å². The number of ether oxygens (including phenoxy) is 1. The maximum atomic E-state index is 12.8. The molecule has 2 amide bonds. The Morgan fingerprint density at radius 1 is 1.23 bits per heavy atom. The standard InChI is InChI=1S/C23H27N5O2S/c1-16-7-9-18(10-8-16)13-21-25-23(31-26-21)27-11-12-28(17(2)15-27)22(29)24-19-5-4-6-20(14-19)30-3/h4-10,14,17H,11-13,15H2,1-3H3,(H,24,29). The molecule has 1 fully saturated rings. The second-order valence-electron chi connectivity index (χ2n) is 7.81. The van der Waals surface area contributed by atoms with Crippen molar-refractivity contribution in [2.75, 3.05) is 37.0 Å². The molecule has 31 heavy (non-hydrogen) atoms. The predicted molar refractivity (Wildman–Crippen MR) is 124 cm³/mol. The van der Waals surface area contributed by atoms with Crippen LogP contribution in [0.25, 0.3) is 0 Å². The zero-order valence-electron chi connectivity index (χ0n) is 18.0. The molecule has 1 aliphatic rings. The minimum atomic E-state index is -0.0993. The van der Waals surface area contributed by atoms with E-state index in [1.807, 2.05) is 29.2 Å². The highest BCUT2D eigenvalue weighted by Crippen LogP contribution is 2.23. The molecule has 0 spiro atoms. The van der Waals surface area contributed by atoms with E-state index in [-0.39, 0.29) is 12.1 Å². The Bertz CT molecular complexity index is 1040. The van der Waals surface area contributed by atoms with Gasteiger partial charge in [0.2, 0.25) is 5.13 Å². The topological polar surface area (TPSA) is 70.6 Å². The second kappa shape index (κ2) is 9.34. The summed E-state index contributed by atoms with van der Waals surface area (Å²) >= 11 is 1.43. The summed E-state index contributed by atoms with van der Waals surface area (Å²) in [5, 5.41) is 3.89. The van der Waals surface area contributed by atoms with Crippen molar-refractivity contribution in [3.05, 3.63) is 65.5 Å². The Labute approximate surface area is 186 Å². The van der Waals surface area contributed by atoms with E-state index >= 15 is 0 Å². The third-order valence-corrected chi connectivity index (χ3v) is 6.23. The van der Waals surface area contributed by atoms with E-state index in [1.165, 1.54) is 22.7 Å². The minimum absolute atomic E-state index is 0.0591. The molecular formula is C23H27N5O2S. The monoisotopic (exact) mass is 437 g/mol. The molecule has 0 bridgehead atoms. The summed E-state index contributed by atoms with van der Waals surface area (Å²) in [6, 6.07) is 15.8. The van der Waals surface area contributed by atoms with Gasteiger partial charge in [-0.3, -0.25) is 0 Å². The predicted octanol–water partition coefficient (Wildman–Crippen LogP) is 4.19. The minimum Gasteiger partial charge on any atom is -0.497 e. The van der Waals surface area contributed by atoms with Gasteiger partial charge in [0, 0.05) is 55.4 Å². The van der Waals surface area contributed by atoms with Gasteiger partial charge in [0.25, 0.3) is 0 Å². The van der Waals surface area contributed by atoms with E-state index in [1.54, 1.807) is 7.11 Å². The molecule has 0 aliphatic carbocycles. The van der Waals surface area contributed by atoms with Gasteiger partial charge < -0.3 is 19.9 Å². The lowest BCUT2D eigenvalue weighted by atomic mass is 10.1. The number of methoxy groups -OCH3 is 1. The van der Waals surface area contributed by atoms with Crippen LogP contribution in [0.3, 0.4) is 0 Å². The number of anilines is 2. The number of nitrogens with zero attached hydrogens (tertiary/aromatic N) is 4. The molecule has 8 heteroatoms. The van der Waals surface area contributed by atoms with Crippen LogP contribution in [0.5, 0.6) is 5.75 Å². The summed E-state index contributed by atoms with van der Waals surface area (Å²) in [6.45, 7) is 6.23. The summed E-state index contributed by atoms with van der Waals surface area (Å²) in [4.78, 5) is 21.6. The van der Waals surface area contributed by atoms with Crippen molar-refractivity contribution in [2.45, 2.75) is 26.3 Å². The largest absolute Gasteiger partial charge is 0.497 e. The molecule has 1 saturated heterocycles.